The zero-order chi connectivity index (χ0) is 17.5. The van der Waals surface area contributed by atoms with E-state index in [1.54, 1.807) is 36.9 Å². The Kier molecular flexibility index (Phi) is 4.50. The quantitative estimate of drug-likeness (QED) is 0.808. The monoisotopic (exact) mass is 350 g/mol. The van der Waals surface area contributed by atoms with E-state index in [-0.39, 0.29) is 5.91 Å². The van der Waals surface area contributed by atoms with Crippen molar-refractivity contribution in [1.82, 2.24) is 4.90 Å². The lowest BCUT2D eigenvalue weighted by atomic mass is 9.85. The second kappa shape index (κ2) is 6.30. The van der Waals surface area contributed by atoms with Gasteiger partial charge in [0.1, 0.15) is 17.5 Å². The van der Waals surface area contributed by atoms with Gasteiger partial charge in [0.2, 0.25) is 5.91 Å². The third-order valence-electron chi connectivity index (χ3n) is 4.46. The van der Waals surface area contributed by atoms with Crippen LogP contribution in [0.25, 0.3) is 0 Å². The Morgan fingerprint density at radius 3 is 2.79 bits per heavy atom. The molecular formula is C16H19N2O5P. The normalized spacial score (nSPS) is 25.3. The minimum absolute atomic E-state index is 0.0141. The van der Waals surface area contributed by atoms with Crippen LogP contribution in [0.15, 0.2) is 18.2 Å². The number of amides is 1. The van der Waals surface area contributed by atoms with Crippen LogP contribution in [-0.2, 0) is 9.32 Å². The summed E-state index contributed by atoms with van der Waals surface area (Å²) in [6, 6.07) is 6.59. The number of nitrogens with zero attached hydrogens (tertiary/aromatic N) is 2. The fraction of sp³-hybridized carbons (Fsp3) is 0.500. The lowest BCUT2D eigenvalue weighted by molar-refractivity contribution is -0.138. The van der Waals surface area contributed by atoms with Gasteiger partial charge in [0.05, 0.1) is 17.7 Å². The summed E-state index contributed by atoms with van der Waals surface area (Å²) in [5.74, 6) is 0.559. The predicted octanol–water partition coefficient (Wildman–Crippen LogP) is 1.99. The average molecular weight is 350 g/mol. The molecular weight excluding hydrogens is 331 g/mol. The minimum Gasteiger partial charge on any atom is -0.485 e. The van der Waals surface area contributed by atoms with Crippen LogP contribution < -0.4 is 4.74 Å². The molecule has 1 aromatic rings. The number of hydrogen-bond donors (Lipinski definition) is 2. The summed E-state index contributed by atoms with van der Waals surface area (Å²) in [7, 11) is -2.62. The van der Waals surface area contributed by atoms with Gasteiger partial charge in [-0.05, 0) is 38.5 Å². The van der Waals surface area contributed by atoms with Crippen molar-refractivity contribution in [2.45, 2.75) is 44.4 Å². The summed E-state index contributed by atoms with van der Waals surface area (Å²) < 4.78 is 11.4. The molecule has 1 fully saturated rings. The van der Waals surface area contributed by atoms with Crippen LogP contribution >= 0.6 is 8.60 Å². The number of rotatable bonds is 3. The van der Waals surface area contributed by atoms with E-state index < -0.39 is 26.3 Å². The topological polar surface area (TPSA) is 103 Å². The molecule has 8 heteroatoms. The number of benzene rings is 1. The van der Waals surface area contributed by atoms with Crippen molar-refractivity contribution in [1.29, 1.82) is 5.26 Å². The Labute approximate surface area is 141 Å². The highest BCUT2D eigenvalue weighted by Crippen LogP contribution is 2.48. The van der Waals surface area contributed by atoms with Crippen molar-refractivity contribution < 1.29 is 23.8 Å². The lowest BCUT2D eigenvalue weighted by Crippen LogP contribution is -2.54. The van der Waals surface area contributed by atoms with Crippen LogP contribution in [0.1, 0.15) is 43.9 Å². The van der Waals surface area contributed by atoms with Crippen LogP contribution in [0.2, 0.25) is 0 Å². The first-order valence-electron chi connectivity index (χ1n) is 7.70. The first-order chi connectivity index (χ1) is 11.3. The van der Waals surface area contributed by atoms with E-state index in [1.165, 1.54) is 0 Å². The molecule has 2 N–H and O–H groups in total. The van der Waals surface area contributed by atoms with Crippen molar-refractivity contribution in [3.63, 3.8) is 0 Å². The molecule has 2 aliphatic rings. The zero-order valence-corrected chi connectivity index (χ0v) is 14.4. The van der Waals surface area contributed by atoms with Crippen LogP contribution in [-0.4, -0.2) is 38.8 Å². The number of fused-ring (bicyclic) bond motifs is 1. The number of nitriles is 1. The average Bonchev–Trinajstić information content (AvgIpc) is 2.93. The van der Waals surface area contributed by atoms with E-state index in [0.29, 0.717) is 29.8 Å². The summed E-state index contributed by atoms with van der Waals surface area (Å²) in [5, 5.41) is 9.18. The van der Waals surface area contributed by atoms with Crippen LogP contribution in [0.3, 0.4) is 0 Å². The highest BCUT2D eigenvalue weighted by Gasteiger charge is 2.50. The van der Waals surface area contributed by atoms with Gasteiger partial charge in [0.15, 0.2) is 0 Å². The van der Waals surface area contributed by atoms with Gasteiger partial charge in [0.25, 0.3) is 0 Å². The molecule has 2 aliphatic heterocycles. The number of ether oxygens (including phenoxy) is 1. The summed E-state index contributed by atoms with van der Waals surface area (Å²) in [6.45, 7) is 4.13. The highest BCUT2D eigenvalue weighted by molar-refractivity contribution is 7.39. The molecule has 0 saturated carbocycles. The smallest absolute Gasteiger partial charge is 0.327 e. The van der Waals surface area contributed by atoms with Gasteiger partial charge in [0, 0.05) is 18.5 Å². The van der Waals surface area contributed by atoms with Crippen molar-refractivity contribution in [3.05, 3.63) is 29.3 Å². The summed E-state index contributed by atoms with van der Waals surface area (Å²) >= 11 is 0. The Hall–Kier alpha value is -1.71. The highest BCUT2D eigenvalue weighted by atomic mass is 31.2. The van der Waals surface area contributed by atoms with Crippen LogP contribution in [0.4, 0.5) is 0 Å². The standard InChI is InChI=1S/C16H19N2O5P/c1-16(2)15(23-24(20)21)14(18-7-3-4-13(18)19)11-8-10(9-17)5-6-12(11)22-16/h5-6,8,14-15,20-21H,3-4,7H2,1-2H3/t14-,15+/m0/s1. The molecule has 3 rings (SSSR count). The SMILES string of the molecule is CC1(C)Oc2ccc(C#N)cc2[C@H](N2CCCC2=O)[C@H]1OP(O)O. The van der Waals surface area contributed by atoms with Gasteiger partial charge < -0.3 is 23.9 Å². The molecule has 1 saturated heterocycles. The van der Waals surface area contributed by atoms with Gasteiger partial charge in [-0.1, -0.05) is 0 Å². The molecule has 1 aromatic carbocycles. The minimum atomic E-state index is -2.62. The Balaban J connectivity index is 2.13. The molecule has 0 spiro atoms. The van der Waals surface area contributed by atoms with E-state index in [0.717, 1.165) is 6.42 Å². The molecule has 128 valence electrons. The summed E-state index contributed by atoms with van der Waals surface area (Å²) in [5.41, 5.74) is 0.231. The predicted molar refractivity (Wildman–Crippen MR) is 85.8 cm³/mol. The maximum absolute atomic E-state index is 12.3. The Bertz CT molecular complexity index is 700. The molecule has 7 nitrogen and oxygen atoms in total. The third-order valence-corrected chi connectivity index (χ3v) is 4.87. The second-order valence-corrected chi connectivity index (χ2v) is 7.20. The molecule has 0 aromatic heterocycles. The molecule has 2 atom stereocenters. The fourth-order valence-electron chi connectivity index (χ4n) is 3.41. The largest absolute Gasteiger partial charge is 0.485 e. The molecule has 2 heterocycles. The van der Waals surface area contributed by atoms with E-state index in [2.05, 4.69) is 6.07 Å². The van der Waals surface area contributed by atoms with Gasteiger partial charge in [-0.3, -0.25) is 4.79 Å². The Morgan fingerprint density at radius 1 is 1.46 bits per heavy atom. The van der Waals surface area contributed by atoms with E-state index in [4.69, 9.17) is 9.26 Å². The van der Waals surface area contributed by atoms with Crippen molar-refractivity contribution in [3.8, 4) is 11.8 Å². The van der Waals surface area contributed by atoms with Crippen LogP contribution in [0, 0.1) is 11.3 Å². The summed E-state index contributed by atoms with van der Waals surface area (Å²) in [6.07, 6.45) is 0.427. The van der Waals surface area contributed by atoms with E-state index in [1.807, 2.05) is 0 Å². The van der Waals surface area contributed by atoms with Crippen molar-refractivity contribution in [2.24, 2.45) is 0 Å². The van der Waals surface area contributed by atoms with E-state index in [9.17, 15) is 19.8 Å². The van der Waals surface area contributed by atoms with E-state index >= 15 is 0 Å². The zero-order valence-electron chi connectivity index (χ0n) is 13.5. The van der Waals surface area contributed by atoms with Crippen molar-refractivity contribution in [2.75, 3.05) is 6.54 Å². The Morgan fingerprint density at radius 2 is 2.21 bits per heavy atom. The first-order valence-corrected chi connectivity index (χ1v) is 8.87. The molecule has 1 amide bonds. The fourth-order valence-corrected chi connectivity index (χ4v) is 3.98. The number of carbonyl (C=O) groups excluding carboxylic acids is 1. The first kappa shape index (κ1) is 17.1. The van der Waals surface area contributed by atoms with Gasteiger partial charge in [-0.25, -0.2) is 0 Å². The van der Waals surface area contributed by atoms with Crippen LogP contribution in [0.5, 0.6) is 5.75 Å². The van der Waals surface area contributed by atoms with Gasteiger partial charge >= 0.3 is 8.60 Å². The maximum Gasteiger partial charge on any atom is 0.327 e. The molecule has 0 aliphatic carbocycles. The lowest BCUT2D eigenvalue weighted by Gasteiger charge is -2.47. The number of carbonyl (C=O) groups is 1. The number of hydrogen-bond acceptors (Lipinski definition) is 6. The molecule has 0 bridgehead atoms. The molecule has 0 unspecified atom stereocenters. The third kappa shape index (κ3) is 2.99. The van der Waals surface area contributed by atoms with Crippen molar-refractivity contribution >= 4 is 14.5 Å². The maximum atomic E-state index is 12.3. The summed E-state index contributed by atoms with van der Waals surface area (Å²) in [4.78, 5) is 32.8. The number of likely N-dealkylation sites (tertiary alicyclic amines) is 1. The van der Waals surface area contributed by atoms with Gasteiger partial charge in [-0.15, -0.1) is 0 Å². The van der Waals surface area contributed by atoms with Gasteiger partial charge in [-0.2, -0.15) is 5.26 Å². The molecule has 0 radical (unpaired) electrons. The second-order valence-electron chi connectivity index (χ2n) is 6.48. The molecule has 24 heavy (non-hydrogen) atoms.